The summed E-state index contributed by atoms with van der Waals surface area (Å²) in [4.78, 5) is 16.7. The topological polar surface area (TPSA) is 53.4 Å². The number of anilines is 1. The van der Waals surface area contributed by atoms with E-state index in [9.17, 15) is 18.0 Å². The van der Waals surface area contributed by atoms with Crippen molar-refractivity contribution in [1.29, 1.82) is 0 Å². The summed E-state index contributed by atoms with van der Waals surface area (Å²) in [6, 6.07) is -0.265. The predicted octanol–water partition coefficient (Wildman–Crippen LogP) is 3.42. The largest absolute Gasteiger partial charge is 0.408 e. The van der Waals surface area contributed by atoms with E-state index in [0.717, 1.165) is 43.1 Å². The Morgan fingerprint density at radius 1 is 1.26 bits per heavy atom. The van der Waals surface area contributed by atoms with Gasteiger partial charge in [0.05, 0.1) is 11.9 Å². The van der Waals surface area contributed by atoms with Gasteiger partial charge in [-0.3, -0.25) is 4.68 Å². The van der Waals surface area contributed by atoms with Crippen LogP contribution in [0.25, 0.3) is 0 Å². The molecule has 6 nitrogen and oxygen atoms in total. The smallest absolute Gasteiger partial charge is 0.324 e. The number of piperidine rings is 2. The van der Waals surface area contributed by atoms with Crippen molar-refractivity contribution in [1.82, 2.24) is 19.6 Å². The molecule has 2 aliphatic heterocycles. The Morgan fingerprint density at radius 2 is 2.00 bits per heavy atom. The first-order valence-corrected chi connectivity index (χ1v) is 9.66. The van der Waals surface area contributed by atoms with Gasteiger partial charge in [0.2, 0.25) is 0 Å². The number of amides is 2. The van der Waals surface area contributed by atoms with Crippen molar-refractivity contribution in [2.24, 2.45) is 11.8 Å². The lowest BCUT2D eigenvalue weighted by molar-refractivity contribution is -0.142. The highest BCUT2D eigenvalue weighted by Crippen LogP contribution is 2.23. The van der Waals surface area contributed by atoms with Gasteiger partial charge in [0.25, 0.3) is 0 Å². The number of urea groups is 1. The molecule has 1 aromatic heterocycles. The maximum Gasteiger partial charge on any atom is 0.408 e. The van der Waals surface area contributed by atoms with Crippen molar-refractivity contribution in [3.63, 3.8) is 0 Å². The van der Waals surface area contributed by atoms with Crippen LogP contribution in [0.15, 0.2) is 12.4 Å². The molecule has 9 heteroatoms. The summed E-state index contributed by atoms with van der Waals surface area (Å²) in [5.74, 6) is 1.25. The number of hydrogen-bond acceptors (Lipinski definition) is 3. The van der Waals surface area contributed by atoms with Crippen LogP contribution in [-0.2, 0) is 6.54 Å². The second kappa shape index (κ2) is 8.50. The van der Waals surface area contributed by atoms with Crippen LogP contribution in [-0.4, -0.2) is 64.5 Å². The Morgan fingerprint density at radius 3 is 2.70 bits per heavy atom. The van der Waals surface area contributed by atoms with Crippen LogP contribution in [0.4, 0.5) is 23.7 Å². The first kappa shape index (κ1) is 20.0. The minimum Gasteiger partial charge on any atom is -0.324 e. The molecular weight excluding hydrogens is 359 g/mol. The summed E-state index contributed by atoms with van der Waals surface area (Å²) in [5, 5.41) is 6.33. The van der Waals surface area contributed by atoms with Crippen LogP contribution in [0.5, 0.6) is 0 Å². The van der Waals surface area contributed by atoms with E-state index in [4.69, 9.17) is 0 Å². The number of nitrogens with one attached hydrogen (secondary N) is 1. The Bertz CT molecular complexity index is 625. The van der Waals surface area contributed by atoms with E-state index >= 15 is 0 Å². The van der Waals surface area contributed by atoms with Crippen molar-refractivity contribution >= 4 is 11.7 Å². The highest BCUT2D eigenvalue weighted by atomic mass is 19.4. The molecular formula is C18H28F3N5O. The number of rotatable bonds is 4. The summed E-state index contributed by atoms with van der Waals surface area (Å²) in [6.07, 6.45) is 2.66. The first-order valence-electron chi connectivity index (χ1n) is 9.66. The summed E-state index contributed by atoms with van der Waals surface area (Å²) in [5.41, 5.74) is 0.288. The third-order valence-electron chi connectivity index (χ3n) is 5.42. The number of hydrogen-bond donors (Lipinski definition) is 1. The first-order chi connectivity index (χ1) is 12.8. The third-order valence-corrected chi connectivity index (χ3v) is 5.42. The molecule has 0 spiro atoms. The van der Waals surface area contributed by atoms with E-state index in [1.165, 1.54) is 25.2 Å². The zero-order valence-corrected chi connectivity index (χ0v) is 15.7. The van der Waals surface area contributed by atoms with Crippen LogP contribution in [0.3, 0.4) is 0 Å². The molecule has 1 aromatic rings. The second-order valence-corrected chi connectivity index (χ2v) is 7.91. The molecule has 1 N–H and O–H groups in total. The van der Waals surface area contributed by atoms with E-state index in [0.29, 0.717) is 19.0 Å². The number of alkyl halides is 3. The van der Waals surface area contributed by atoms with Gasteiger partial charge in [-0.2, -0.15) is 18.3 Å². The average molecular weight is 387 g/mol. The minimum atomic E-state index is -4.33. The summed E-state index contributed by atoms with van der Waals surface area (Å²) < 4.78 is 38.0. The lowest BCUT2D eigenvalue weighted by Crippen LogP contribution is -2.46. The molecule has 3 rings (SSSR count). The second-order valence-electron chi connectivity index (χ2n) is 7.91. The zero-order valence-electron chi connectivity index (χ0n) is 15.7. The number of likely N-dealkylation sites (tertiary alicyclic amines) is 2. The Labute approximate surface area is 157 Å². The lowest BCUT2D eigenvalue weighted by Gasteiger charge is -2.37. The highest BCUT2D eigenvalue weighted by molar-refractivity contribution is 5.89. The van der Waals surface area contributed by atoms with Crippen molar-refractivity contribution in [3.8, 4) is 0 Å². The molecule has 1 unspecified atom stereocenters. The lowest BCUT2D eigenvalue weighted by atomic mass is 9.94. The average Bonchev–Trinajstić information content (AvgIpc) is 3.02. The normalized spacial score (nSPS) is 22.8. The molecule has 2 saturated heterocycles. The molecule has 2 amide bonds. The molecule has 3 heterocycles. The fourth-order valence-electron chi connectivity index (χ4n) is 3.91. The SMILES string of the molecule is CC1CCN(CC2CCCN(C(=O)Nc3cnn(CC(F)(F)F)c3)C2)CC1. The number of nitrogens with zero attached hydrogens (tertiary/aromatic N) is 4. The highest BCUT2D eigenvalue weighted by Gasteiger charge is 2.29. The number of carbonyl (C=O) groups is 1. The van der Waals surface area contributed by atoms with Gasteiger partial charge in [0.15, 0.2) is 0 Å². The maximum atomic E-state index is 12.5. The van der Waals surface area contributed by atoms with Crippen molar-refractivity contribution in [2.75, 3.05) is 38.0 Å². The van der Waals surface area contributed by atoms with Gasteiger partial charge in [-0.25, -0.2) is 4.79 Å². The van der Waals surface area contributed by atoms with E-state index in [2.05, 4.69) is 22.2 Å². The van der Waals surface area contributed by atoms with Crippen LogP contribution < -0.4 is 5.32 Å². The van der Waals surface area contributed by atoms with Gasteiger partial charge in [0.1, 0.15) is 6.54 Å². The van der Waals surface area contributed by atoms with Crippen molar-refractivity contribution in [2.45, 2.75) is 45.3 Å². The predicted molar refractivity (Wildman–Crippen MR) is 96.4 cm³/mol. The Balaban J connectivity index is 1.48. The fourth-order valence-corrected chi connectivity index (χ4v) is 3.91. The fraction of sp³-hybridized carbons (Fsp3) is 0.778. The van der Waals surface area contributed by atoms with Crippen LogP contribution >= 0.6 is 0 Å². The molecule has 152 valence electrons. The Kier molecular flexibility index (Phi) is 6.29. The van der Waals surface area contributed by atoms with Gasteiger partial charge in [-0.1, -0.05) is 6.92 Å². The molecule has 2 aliphatic rings. The van der Waals surface area contributed by atoms with E-state index in [-0.39, 0.29) is 11.7 Å². The molecule has 27 heavy (non-hydrogen) atoms. The van der Waals surface area contributed by atoms with E-state index < -0.39 is 12.7 Å². The van der Waals surface area contributed by atoms with Gasteiger partial charge in [-0.15, -0.1) is 0 Å². The number of halogens is 3. The molecule has 1 atom stereocenters. The minimum absolute atomic E-state index is 0.265. The maximum absolute atomic E-state index is 12.5. The molecule has 0 saturated carbocycles. The van der Waals surface area contributed by atoms with E-state index in [1.54, 1.807) is 4.90 Å². The van der Waals surface area contributed by atoms with Crippen molar-refractivity contribution in [3.05, 3.63) is 12.4 Å². The molecule has 0 aliphatic carbocycles. The molecule has 2 fully saturated rings. The van der Waals surface area contributed by atoms with Crippen LogP contribution in [0.1, 0.15) is 32.6 Å². The van der Waals surface area contributed by atoms with Crippen LogP contribution in [0, 0.1) is 11.8 Å². The number of aromatic nitrogens is 2. The van der Waals surface area contributed by atoms with Gasteiger partial charge in [-0.05, 0) is 50.6 Å². The summed E-state index contributed by atoms with van der Waals surface area (Å²) in [7, 11) is 0. The van der Waals surface area contributed by atoms with Gasteiger partial charge >= 0.3 is 12.2 Å². The van der Waals surface area contributed by atoms with Gasteiger partial charge < -0.3 is 15.1 Å². The molecule has 0 bridgehead atoms. The quantitative estimate of drug-likeness (QED) is 0.861. The van der Waals surface area contributed by atoms with E-state index in [1.807, 2.05) is 0 Å². The monoisotopic (exact) mass is 387 g/mol. The van der Waals surface area contributed by atoms with Crippen molar-refractivity contribution < 1.29 is 18.0 Å². The zero-order chi connectivity index (χ0) is 19.4. The summed E-state index contributed by atoms with van der Waals surface area (Å²) in [6.45, 7) is 5.76. The van der Waals surface area contributed by atoms with Crippen LogP contribution in [0.2, 0.25) is 0 Å². The third kappa shape index (κ3) is 6.12. The standard InChI is InChI=1S/C18H28F3N5O/c1-14-4-7-24(8-5-14)10-15-3-2-6-25(11-15)17(27)23-16-9-22-26(12-16)13-18(19,20)21/h9,12,14-15H,2-8,10-11,13H2,1H3,(H,23,27). The number of carbonyl (C=O) groups excluding carboxylic acids is 1. The van der Waals surface area contributed by atoms with Gasteiger partial charge in [0, 0.05) is 25.8 Å². The molecule has 0 radical (unpaired) electrons. The molecule has 0 aromatic carbocycles. The summed E-state index contributed by atoms with van der Waals surface area (Å²) >= 11 is 0. The Hall–Kier alpha value is -1.77.